The van der Waals surface area contributed by atoms with Crippen LogP contribution < -0.4 is 0 Å². The Kier molecular flexibility index (Phi) is 2.61. The molecule has 5 heteroatoms. The molecule has 0 unspecified atom stereocenters. The molecule has 0 fully saturated rings. The van der Waals surface area contributed by atoms with Crippen LogP contribution in [0.25, 0.3) is 16.8 Å². The van der Waals surface area contributed by atoms with Gasteiger partial charge in [-0.3, -0.25) is 0 Å². The number of rotatable bonds is 1. The van der Waals surface area contributed by atoms with E-state index in [1.807, 2.05) is 42.6 Å². The smallest absolute Gasteiger partial charge is 0.218 e. The summed E-state index contributed by atoms with van der Waals surface area (Å²) >= 11 is 9.16. The Hall–Kier alpha value is -1.39. The number of halogens is 2. The molecule has 2 aromatic heterocycles. The largest absolute Gasteiger partial charge is 0.219 e. The molecular formula is C12H7BrClN3. The SMILES string of the molecule is Clc1ccc(-c2cccn3nc(Br)nc23)cc1. The van der Waals surface area contributed by atoms with Gasteiger partial charge in [0.25, 0.3) is 0 Å². The Balaban J connectivity index is 2.26. The molecule has 17 heavy (non-hydrogen) atoms. The molecule has 3 rings (SSSR count). The monoisotopic (exact) mass is 307 g/mol. The molecule has 0 amide bonds. The van der Waals surface area contributed by atoms with Crippen molar-refractivity contribution in [1.29, 1.82) is 0 Å². The van der Waals surface area contributed by atoms with Crippen molar-refractivity contribution in [3.8, 4) is 11.1 Å². The first-order chi connectivity index (χ1) is 8.24. The summed E-state index contributed by atoms with van der Waals surface area (Å²) in [4.78, 5) is 4.35. The van der Waals surface area contributed by atoms with Crippen molar-refractivity contribution < 1.29 is 0 Å². The molecule has 1 aromatic carbocycles. The van der Waals surface area contributed by atoms with Gasteiger partial charge in [-0.1, -0.05) is 23.7 Å². The van der Waals surface area contributed by atoms with Crippen molar-refractivity contribution in [2.75, 3.05) is 0 Å². The maximum Gasteiger partial charge on any atom is 0.218 e. The van der Waals surface area contributed by atoms with Gasteiger partial charge in [0.05, 0.1) is 0 Å². The van der Waals surface area contributed by atoms with Crippen LogP contribution in [0.5, 0.6) is 0 Å². The molecule has 0 aliphatic heterocycles. The van der Waals surface area contributed by atoms with Crippen molar-refractivity contribution in [2.24, 2.45) is 0 Å². The minimum absolute atomic E-state index is 0.582. The molecule has 2 heterocycles. The van der Waals surface area contributed by atoms with E-state index in [0.717, 1.165) is 21.8 Å². The maximum absolute atomic E-state index is 5.88. The summed E-state index contributed by atoms with van der Waals surface area (Å²) in [5.74, 6) is 0. The molecule has 0 aliphatic rings. The fourth-order valence-corrected chi connectivity index (χ4v) is 2.20. The first-order valence-corrected chi connectivity index (χ1v) is 6.18. The lowest BCUT2D eigenvalue weighted by atomic mass is 10.1. The zero-order valence-corrected chi connectivity index (χ0v) is 11.0. The van der Waals surface area contributed by atoms with E-state index in [1.165, 1.54) is 0 Å². The molecule has 0 atom stereocenters. The number of aromatic nitrogens is 3. The van der Waals surface area contributed by atoms with E-state index in [4.69, 9.17) is 11.6 Å². The van der Waals surface area contributed by atoms with E-state index in [9.17, 15) is 0 Å². The van der Waals surface area contributed by atoms with Gasteiger partial charge >= 0.3 is 0 Å². The molecular weight excluding hydrogens is 302 g/mol. The molecule has 84 valence electrons. The van der Waals surface area contributed by atoms with Gasteiger partial charge in [0.1, 0.15) is 0 Å². The predicted octanol–water partition coefficient (Wildman–Crippen LogP) is 3.81. The Labute approximate surface area is 111 Å². The Bertz CT molecular complexity index is 676. The van der Waals surface area contributed by atoms with E-state index in [2.05, 4.69) is 26.0 Å². The summed E-state index contributed by atoms with van der Waals surface area (Å²) in [6.07, 6.45) is 1.87. The number of pyridine rings is 1. The van der Waals surface area contributed by atoms with Gasteiger partial charge in [-0.15, -0.1) is 5.10 Å². The highest BCUT2D eigenvalue weighted by atomic mass is 79.9. The minimum Gasteiger partial charge on any atom is -0.219 e. The molecule has 3 nitrogen and oxygen atoms in total. The van der Waals surface area contributed by atoms with Gasteiger partial charge in [-0.05, 0) is 45.8 Å². The number of benzene rings is 1. The van der Waals surface area contributed by atoms with Crippen LogP contribution in [0.2, 0.25) is 5.02 Å². The highest BCUT2D eigenvalue weighted by Crippen LogP contribution is 2.25. The lowest BCUT2D eigenvalue weighted by molar-refractivity contribution is 0.946. The Morgan fingerprint density at radius 1 is 1.12 bits per heavy atom. The van der Waals surface area contributed by atoms with Gasteiger partial charge < -0.3 is 0 Å². The first-order valence-electron chi connectivity index (χ1n) is 5.01. The van der Waals surface area contributed by atoms with E-state index >= 15 is 0 Å². The summed E-state index contributed by atoms with van der Waals surface area (Å²) in [7, 11) is 0. The number of nitrogens with zero attached hydrogens (tertiary/aromatic N) is 3. The summed E-state index contributed by atoms with van der Waals surface area (Å²) in [6.45, 7) is 0. The average Bonchev–Trinajstić information content (AvgIpc) is 2.70. The zero-order chi connectivity index (χ0) is 11.8. The third-order valence-electron chi connectivity index (χ3n) is 2.49. The summed E-state index contributed by atoms with van der Waals surface area (Å²) in [6, 6.07) is 11.6. The summed E-state index contributed by atoms with van der Waals surface area (Å²) in [5, 5.41) is 4.94. The van der Waals surface area contributed by atoms with Crippen LogP contribution in [0.3, 0.4) is 0 Å². The van der Waals surface area contributed by atoms with Crippen LogP contribution in [-0.2, 0) is 0 Å². The fourth-order valence-electron chi connectivity index (χ4n) is 1.73. The van der Waals surface area contributed by atoms with E-state index in [0.29, 0.717) is 4.73 Å². The quantitative estimate of drug-likeness (QED) is 0.684. The lowest BCUT2D eigenvalue weighted by Crippen LogP contribution is -1.89. The molecule has 0 bridgehead atoms. The Morgan fingerprint density at radius 3 is 2.65 bits per heavy atom. The van der Waals surface area contributed by atoms with Crippen LogP contribution in [0.1, 0.15) is 0 Å². The topological polar surface area (TPSA) is 30.2 Å². The summed E-state index contributed by atoms with van der Waals surface area (Å²) in [5.41, 5.74) is 2.92. The minimum atomic E-state index is 0.582. The number of hydrogen-bond acceptors (Lipinski definition) is 2. The highest BCUT2D eigenvalue weighted by molar-refractivity contribution is 9.10. The third kappa shape index (κ3) is 1.94. The summed E-state index contributed by atoms with van der Waals surface area (Å²) < 4.78 is 2.33. The zero-order valence-electron chi connectivity index (χ0n) is 8.64. The van der Waals surface area contributed by atoms with Gasteiger partial charge in [-0.25, -0.2) is 9.50 Å². The predicted molar refractivity (Wildman–Crippen MR) is 71.1 cm³/mol. The maximum atomic E-state index is 5.88. The molecule has 0 radical (unpaired) electrons. The number of fused-ring (bicyclic) bond motifs is 1. The average molecular weight is 309 g/mol. The van der Waals surface area contributed by atoms with E-state index in [1.54, 1.807) is 4.52 Å². The van der Waals surface area contributed by atoms with Crippen molar-refractivity contribution in [1.82, 2.24) is 14.6 Å². The van der Waals surface area contributed by atoms with Crippen LogP contribution in [0.15, 0.2) is 47.3 Å². The van der Waals surface area contributed by atoms with Crippen molar-refractivity contribution in [3.05, 3.63) is 52.4 Å². The second-order valence-corrected chi connectivity index (χ2v) is 4.72. The second-order valence-electron chi connectivity index (χ2n) is 3.58. The van der Waals surface area contributed by atoms with Gasteiger partial charge in [-0.2, -0.15) is 0 Å². The highest BCUT2D eigenvalue weighted by Gasteiger charge is 2.07. The van der Waals surface area contributed by atoms with Crippen molar-refractivity contribution >= 4 is 33.2 Å². The van der Waals surface area contributed by atoms with E-state index in [-0.39, 0.29) is 0 Å². The van der Waals surface area contributed by atoms with Crippen LogP contribution in [-0.4, -0.2) is 14.6 Å². The molecule has 0 spiro atoms. The molecule has 0 N–H and O–H groups in total. The fraction of sp³-hybridized carbons (Fsp3) is 0. The van der Waals surface area contributed by atoms with Crippen molar-refractivity contribution in [2.45, 2.75) is 0 Å². The van der Waals surface area contributed by atoms with Gasteiger partial charge in [0.2, 0.25) is 4.73 Å². The molecule has 0 saturated heterocycles. The first kappa shape index (κ1) is 10.7. The van der Waals surface area contributed by atoms with Gasteiger partial charge in [0.15, 0.2) is 5.65 Å². The molecule has 3 aromatic rings. The second kappa shape index (κ2) is 4.13. The number of hydrogen-bond donors (Lipinski definition) is 0. The Morgan fingerprint density at radius 2 is 1.88 bits per heavy atom. The third-order valence-corrected chi connectivity index (χ3v) is 3.08. The van der Waals surface area contributed by atoms with Crippen LogP contribution in [0.4, 0.5) is 0 Å². The van der Waals surface area contributed by atoms with E-state index < -0.39 is 0 Å². The normalized spacial score (nSPS) is 10.9. The van der Waals surface area contributed by atoms with Crippen LogP contribution >= 0.6 is 27.5 Å². The standard InChI is InChI=1S/C12H7BrClN3/c13-12-15-11-10(2-1-7-17(11)16-12)8-3-5-9(14)6-4-8/h1-7H. The van der Waals surface area contributed by atoms with Gasteiger partial charge in [0, 0.05) is 16.8 Å². The molecule has 0 saturated carbocycles. The van der Waals surface area contributed by atoms with Crippen LogP contribution in [0, 0.1) is 0 Å². The molecule has 0 aliphatic carbocycles. The lowest BCUT2D eigenvalue weighted by Gasteiger charge is -2.02. The van der Waals surface area contributed by atoms with Crippen molar-refractivity contribution in [3.63, 3.8) is 0 Å².